The summed E-state index contributed by atoms with van der Waals surface area (Å²) in [7, 11) is 0. The van der Waals surface area contributed by atoms with Gasteiger partial charge < -0.3 is 4.57 Å². The highest BCUT2D eigenvalue weighted by Gasteiger charge is 2.03. The highest BCUT2D eigenvalue weighted by atomic mass is 35.5. The van der Waals surface area contributed by atoms with E-state index in [1.807, 2.05) is 12.5 Å². The first kappa shape index (κ1) is 13.0. The van der Waals surface area contributed by atoms with E-state index < -0.39 is 0 Å². The largest absolute Gasteiger partial charge is 0.329 e. The molecule has 0 amide bonds. The third-order valence-electron chi connectivity index (χ3n) is 2.81. The van der Waals surface area contributed by atoms with Crippen molar-refractivity contribution in [2.24, 2.45) is 0 Å². The second-order valence-electron chi connectivity index (χ2n) is 4.21. The van der Waals surface area contributed by atoms with Crippen molar-refractivity contribution in [1.29, 1.82) is 0 Å². The monoisotopic (exact) mass is 264 g/mol. The molecule has 0 spiro atoms. The van der Waals surface area contributed by atoms with Crippen molar-refractivity contribution in [2.75, 3.05) is 5.88 Å². The van der Waals surface area contributed by atoms with Gasteiger partial charge in [-0.2, -0.15) is 0 Å². The normalized spacial score (nSPS) is 10.7. The number of aromatic nitrogens is 4. The molecule has 0 bridgehead atoms. The van der Waals surface area contributed by atoms with Crippen LogP contribution in [0.3, 0.4) is 0 Å². The Balaban J connectivity index is 1.91. The lowest BCUT2D eigenvalue weighted by Crippen LogP contribution is -2.05. The maximum Gasteiger partial charge on any atom is 0.0951 e. The van der Waals surface area contributed by atoms with Gasteiger partial charge in [0.05, 0.1) is 24.8 Å². The second kappa shape index (κ2) is 7.11. The Hall–Kier alpha value is -1.42. The maximum absolute atomic E-state index is 5.67. The number of hydrogen-bond donors (Lipinski definition) is 0. The lowest BCUT2D eigenvalue weighted by molar-refractivity contribution is 0.661. The molecule has 0 aromatic carbocycles. The summed E-state index contributed by atoms with van der Waals surface area (Å²) in [4.78, 5) is 12.6. The minimum Gasteiger partial charge on any atom is -0.329 e. The molecule has 2 aromatic heterocycles. The first-order valence-electron chi connectivity index (χ1n) is 6.20. The fraction of sp³-hybridized carbons (Fsp3) is 0.462. The highest BCUT2D eigenvalue weighted by molar-refractivity contribution is 6.17. The first-order chi connectivity index (χ1) is 8.90. The summed E-state index contributed by atoms with van der Waals surface area (Å²) in [6, 6.07) is 0. The molecule has 0 radical (unpaired) electrons. The third kappa shape index (κ3) is 3.81. The predicted molar refractivity (Wildman–Crippen MR) is 71.6 cm³/mol. The van der Waals surface area contributed by atoms with Crippen molar-refractivity contribution < 1.29 is 0 Å². The van der Waals surface area contributed by atoms with E-state index >= 15 is 0 Å². The number of unbranched alkanes of at least 4 members (excludes halogenated alkanes) is 2. The van der Waals surface area contributed by atoms with Gasteiger partial charge in [-0.3, -0.25) is 9.97 Å². The van der Waals surface area contributed by atoms with Gasteiger partial charge in [-0.25, -0.2) is 4.98 Å². The minimum absolute atomic E-state index is 0.735. The fourth-order valence-corrected chi connectivity index (χ4v) is 2.05. The zero-order chi connectivity index (χ0) is 12.6. The second-order valence-corrected chi connectivity index (χ2v) is 4.59. The molecule has 2 heterocycles. The molecule has 18 heavy (non-hydrogen) atoms. The van der Waals surface area contributed by atoms with Crippen LogP contribution in [0, 0.1) is 0 Å². The molecule has 4 nitrogen and oxygen atoms in total. The molecule has 96 valence electrons. The van der Waals surface area contributed by atoms with Gasteiger partial charge in [0, 0.05) is 30.2 Å². The van der Waals surface area contributed by atoms with Crippen molar-refractivity contribution in [3.8, 4) is 0 Å². The molecule has 0 saturated heterocycles. The van der Waals surface area contributed by atoms with Crippen LogP contribution >= 0.6 is 11.6 Å². The molecule has 0 saturated carbocycles. The van der Waals surface area contributed by atoms with Crippen LogP contribution in [0.5, 0.6) is 0 Å². The van der Waals surface area contributed by atoms with Gasteiger partial charge in [-0.05, 0) is 19.3 Å². The lowest BCUT2D eigenvalue weighted by atomic mass is 10.1. The fourth-order valence-electron chi connectivity index (χ4n) is 1.86. The summed E-state index contributed by atoms with van der Waals surface area (Å²) >= 11 is 5.67. The van der Waals surface area contributed by atoms with Crippen molar-refractivity contribution in [3.63, 3.8) is 0 Å². The number of alkyl halides is 1. The van der Waals surface area contributed by atoms with Crippen LogP contribution in [0.4, 0.5) is 0 Å². The average molecular weight is 265 g/mol. The van der Waals surface area contributed by atoms with E-state index in [0.29, 0.717) is 0 Å². The van der Waals surface area contributed by atoms with Crippen molar-refractivity contribution in [3.05, 3.63) is 42.5 Å². The van der Waals surface area contributed by atoms with E-state index in [2.05, 4.69) is 19.5 Å². The zero-order valence-corrected chi connectivity index (χ0v) is 11.1. The first-order valence-corrected chi connectivity index (χ1v) is 6.73. The van der Waals surface area contributed by atoms with Crippen molar-refractivity contribution >= 4 is 11.6 Å². The van der Waals surface area contributed by atoms with Gasteiger partial charge in [0.2, 0.25) is 0 Å². The third-order valence-corrected chi connectivity index (χ3v) is 3.08. The molecule has 5 heteroatoms. The summed E-state index contributed by atoms with van der Waals surface area (Å²) in [6.07, 6.45) is 13.4. The molecule has 2 aromatic rings. The SMILES string of the molecule is ClCCCCCc1cncn1Cc1cnccn1. The summed E-state index contributed by atoms with van der Waals surface area (Å²) in [5.41, 5.74) is 2.20. The van der Waals surface area contributed by atoms with E-state index in [0.717, 1.165) is 37.4 Å². The van der Waals surface area contributed by atoms with E-state index in [9.17, 15) is 0 Å². The Kier molecular flexibility index (Phi) is 5.15. The molecule has 0 N–H and O–H groups in total. The Labute approximate surface area is 112 Å². The number of hydrogen-bond acceptors (Lipinski definition) is 3. The van der Waals surface area contributed by atoms with E-state index in [1.54, 1.807) is 18.6 Å². The van der Waals surface area contributed by atoms with Crippen molar-refractivity contribution in [2.45, 2.75) is 32.2 Å². The smallest absolute Gasteiger partial charge is 0.0951 e. The summed E-state index contributed by atoms with van der Waals surface area (Å²) in [5.74, 6) is 0.749. The van der Waals surface area contributed by atoms with Crippen LogP contribution in [0.1, 0.15) is 30.7 Å². The molecule has 0 aliphatic carbocycles. The number of halogens is 1. The van der Waals surface area contributed by atoms with E-state index in [1.165, 1.54) is 12.1 Å². The van der Waals surface area contributed by atoms with Crippen molar-refractivity contribution in [1.82, 2.24) is 19.5 Å². The molecule has 0 unspecified atom stereocenters. The van der Waals surface area contributed by atoms with Gasteiger partial charge in [0.15, 0.2) is 0 Å². The minimum atomic E-state index is 0.735. The molecular weight excluding hydrogens is 248 g/mol. The summed E-state index contributed by atoms with van der Waals surface area (Å²) in [5, 5.41) is 0. The predicted octanol–water partition coefficient (Wildman–Crippen LogP) is 2.67. The molecule has 0 aliphatic rings. The standard InChI is InChI=1S/C13H17ClN4/c14-5-3-1-2-4-13-9-16-11-18(13)10-12-8-15-6-7-17-12/h6-9,11H,1-5,10H2. The lowest BCUT2D eigenvalue weighted by Gasteiger charge is -2.07. The maximum atomic E-state index is 5.67. The van der Waals surface area contributed by atoms with Crippen LogP contribution in [-0.4, -0.2) is 25.4 Å². The van der Waals surface area contributed by atoms with Gasteiger partial charge >= 0.3 is 0 Å². The number of nitrogens with zero attached hydrogens (tertiary/aromatic N) is 4. The van der Waals surface area contributed by atoms with Gasteiger partial charge in [-0.15, -0.1) is 11.6 Å². The Bertz CT molecular complexity index is 455. The van der Waals surface area contributed by atoms with Gasteiger partial charge in [0.25, 0.3) is 0 Å². The molecule has 2 rings (SSSR count). The van der Waals surface area contributed by atoms with Gasteiger partial charge in [-0.1, -0.05) is 6.42 Å². The number of rotatable bonds is 7. The number of aryl methyl sites for hydroxylation is 1. The molecule has 0 fully saturated rings. The van der Waals surface area contributed by atoms with E-state index in [4.69, 9.17) is 11.6 Å². The van der Waals surface area contributed by atoms with Crippen LogP contribution < -0.4 is 0 Å². The quantitative estimate of drug-likeness (QED) is 0.570. The van der Waals surface area contributed by atoms with E-state index in [-0.39, 0.29) is 0 Å². The molecule has 0 atom stereocenters. The highest BCUT2D eigenvalue weighted by Crippen LogP contribution is 2.08. The molecular formula is C13H17ClN4. The zero-order valence-electron chi connectivity index (χ0n) is 10.3. The topological polar surface area (TPSA) is 43.6 Å². The number of imidazole rings is 1. The molecule has 0 aliphatic heterocycles. The Morgan fingerprint density at radius 2 is 2.00 bits per heavy atom. The van der Waals surface area contributed by atoms with Crippen LogP contribution in [-0.2, 0) is 13.0 Å². The van der Waals surface area contributed by atoms with Gasteiger partial charge in [0.1, 0.15) is 0 Å². The van der Waals surface area contributed by atoms with Crippen LogP contribution in [0.2, 0.25) is 0 Å². The Morgan fingerprint density at radius 1 is 1.06 bits per heavy atom. The summed E-state index contributed by atoms with van der Waals surface area (Å²) in [6.45, 7) is 0.735. The average Bonchev–Trinajstić information content (AvgIpc) is 2.83. The van der Waals surface area contributed by atoms with Crippen LogP contribution in [0.15, 0.2) is 31.1 Å². The Morgan fingerprint density at radius 3 is 2.78 bits per heavy atom. The summed E-state index contributed by atoms with van der Waals surface area (Å²) < 4.78 is 2.13. The van der Waals surface area contributed by atoms with Crippen LogP contribution in [0.25, 0.3) is 0 Å².